The molecule has 0 spiro atoms. The molecule has 25 heavy (non-hydrogen) atoms. The Morgan fingerprint density at radius 3 is 2.68 bits per heavy atom. The standard InChI is InChI=1S/C15H22N4O4S2/c16-6-7-17-13(20)14-18(15(21)11-4-5-11)8-2-9-19(14)25(22,23)12-3-1-10-24-12/h1,3,10-11,14H,2,4-9,16H2,(H,17,20). The molecule has 1 atom stereocenters. The fourth-order valence-corrected chi connectivity index (χ4v) is 5.64. The van der Waals surface area contributed by atoms with Gasteiger partial charge in [0.1, 0.15) is 4.21 Å². The Morgan fingerprint density at radius 1 is 1.32 bits per heavy atom. The summed E-state index contributed by atoms with van der Waals surface area (Å²) in [4.78, 5) is 26.7. The van der Waals surface area contributed by atoms with E-state index in [1.54, 1.807) is 11.4 Å². The summed E-state index contributed by atoms with van der Waals surface area (Å²) in [5, 5.41) is 4.31. The van der Waals surface area contributed by atoms with Crippen LogP contribution in [-0.2, 0) is 19.6 Å². The highest BCUT2D eigenvalue weighted by molar-refractivity contribution is 7.91. The molecule has 1 aromatic rings. The highest BCUT2D eigenvalue weighted by atomic mass is 32.2. The zero-order valence-corrected chi connectivity index (χ0v) is 15.4. The highest BCUT2D eigenvalue weighted by Gasteiger charge is 2.47. The number of hydrogen-bond acceptors (Lipinski definition) is 6. The fraction of sp³-hybridized carbons (Fsp3) is 0.600. The molecule has 1 aliphatic carbocycles. The monoisotopic (exact) mass is 386 g/mol. The van der Waals surface area contributed by atoms with Crippen LogP contribution in [0, 0.1) is 5.92 Å². The van der Waals surface area contributed by atoms with Gasteiger partial charge in [-0.25, -0.2) is 8.42 Å². The number of nitrogens with two attached hydrogens (primary N) is 1. The average molecular weight is 386 g/mol. The van der Waals surface area contributed by atoms with Gasteiger partial charge in [-0.3, -0.25) is 9.59 Å². The SMILES string of the molecule is NCCNC(=O)C1N(C(=O)C2CC2)CCCN1S(=O)(=O)c1cccs1. The van der Waals surface area contributed by atoms with Crippen LogP contribution in [0.5, 0.6) is 0 Å². The summed E-state index contributed by atoms with van der Waals surface area (Å²) in [5.41, 5.74) is 5.43. The lowest BCUT2D eigenvalue weighted by Crippen LogP contribution is -2.63. The van der Waals surface area contributed by atoms with Gasteiger partial charge in [-0.1, -0.05) is 6.07 Å². The Balaban J connectivity index is 1.93. The average Bonchev–Trinajstić information content (AvgIpc) is 3.31. The maximum atomic E-state index is 13.0. The smallest absolute Gasteiger partial charge is 0.259 e. The predicted molar refractivity (Wildman–Crippen MR) is 93.1 cm³/mol. The Morgan fingerprint density at radius 2 is 2.08 bits per heavy atom. The molecule has 10 heteroatoms. The van der Waals surface area contributed by atoms with Crippen LogP contribution in [0.2, 0.25) is 0 Å². The molecular weight excluding hydrogens is 364 g/mol. The fourth-order valence-electron chi connectivity index (χ4n) is 2.93. The van der Waals surface area contributed by atoms with Crippen molar-refractivity contribution in [3.8, 4) is 0 Å². The summed E-state index contributed by atoms with van der Waals surface area (Å²) in [6.45, 7) is 1.06. The maximum absolute atomic E-state index is 13.0. The van der Waals surface area contributed by atoms with Gasteiger partial charge in [-0.15, -0.1) is 11.3 Å². The number of thiophene rings is 1. The minimum atomic E-state index is -3.84. The quantitative estimate of drug-likeness (QED) is 0.702. The van der Waals surface area contributed by atoms with Crippen molar-refractivity contribution in [2.45, 2.75) is 29.6 Å². The molecule has 0 aromatic carbocycles. The zero-order chi connectivity index (χ0) is 18.0. The topological polar surface area (TPSA) is 113 Å². The second-order valence-corrected chi connectivity index (χ2v) is 9.23. The summed E-state index contributed by atoms with van der Waals surface area (Å²) in [6, 6.07) is 3.16. The molecule has 3 rings (SSSR count). The Hall–Kier alpha value is -1.49. The molecule has 2 amide bonds. The molecule has 1 unspecified atom stereocenters. The second kappa shape index (κ2) is 7.40. The largest absolute Gasteiger partial charge is 0.352 e. The molecule has 2 heterocycles. The van der Waals surface area contributed by atoms with Crippen LogP contribution in [0.1, 0.15) is 19.3 Å². The zero-order valence-electron chi connectivity index (χ0n) is 13.8. The molecule has 1 aliphatic heterocycles. The number of nitrogens with zero attached hydrogens (tertiary/aromatic N) is 2. The van der Waals surface area contributed by atoms with Gasteiger partial charge < -0.3 is 16.0 Å². The normalized spacial score (nSPS) is 22.0. The van der Waals surface area contributed by atoms with Crippen LogP contribution in [0.25, 0.3) is 0 Å². The van der Waals surface area contributed by atoms with Gasteiger partial charge >= 0.3 is 0 Å². The molecule has 2 aliphatic rings. The lowest BCUT2D eigenvalue weighted by molar-refractivity contribution is -0.148. The van der Waals surface area contributed by atoms with Crippen molar-refractivity contribution in [1.29, 1.82) is 0 Å². The minimum absolute atomic E-state index is 0.0887. The van der Waals surface area contributed by atoms with E-state index in [9.17, 15) is 18.0 Å². The van der Waals surface area contributed by atoms with Gasteiger partial charge in [0.15, 0.2) is 6.17 Å². The number of amides is 2. The van der Waals surface area contributed by atoms with Gasteiger partial charge in [0.25, 0.3) is 15.9 Å². The molecule has 8 nitrogen and oxygen atoms in total. The lowest BCUT2D eigenvalue weighted by Gasteiger charge is -2.41. The van der Waals surface area contributed by atoms with Gasteiger partial charge in [0, 0.05) is 32.1 Å². The van der Waals surface area contributed by atoms with E-state index in [1.165, 1.54) is 11.0 Å². The first kappa shape index (κ1) is 18.3. The third kappa shape index (κ3) is 3.71. The highest BCUT2D eigenvalue weighted by Crippen LogP contribution is 2.34. The minimum Gasteiger partial charge on any atom is -0.352 e. The second-order valence-electron chi connectivity index (χ2n) is 6.16. The van der Waals surface area contributed by atoms with Crippen LogP contribution in [0.15, 0.2) is 21.7 Å². The van der Waals surface area contributed by atoms with E-state index < -0.39 is 22.1 Å². The van der Waals surface area contributed by atoms with E-state index in [4.69, 9.17) is 5.73 Å². The molecule has 2 fully saturated rings. The van der Waals surface area contributed by atoms with E-state index in [0.29, 0.717) is 13.0 Å². The molecule has 1 saturated heterocycles. The van der Waals surface area contributed by atoms with E-state index in [-0.39, 0.29) is 35.7 Å². The van der Waals surface area contributed by atoms with Crippen LogP contribution in [-0.4, -0.2) is 61.8 Å². The lowest BCUT2D eigenvalue weighted by atomic mass is 10.2. The molecule has 3 N–H and O–H groups in total. The Kier molecular flexibility index (Phi) is 5.42. The summed E-state index contributed by atoms with van der Waals surface area (Å²) in [7, 11) is -3.84. The van der Waals surface area contributed by atoms with Crippen molar-refractivity contribution in [1.82, 2.24) is 14.5 Å². The van der Waals surface area contributed by atoms with Gasteiger partial charge in [-0.2, -0.15) is 4.31 Å². The van der Waals surface area contributed by atoms with Crippen LogP contribution < -0.4 is 11.1 Å². The van der Waals surface area contributed by atoms with Crippen molar-refractivity contribution in [3.05, 3.63) is 17.5 Å². The summed E-state index contributed by atoms with van der Waals surface area (Å²) >= 11 is 1.10. The number of sulfonamides is 1. The number of rotatable bonds is 6. The van der Waals surface area contributed by atoms with Crippen molar-refractivity contribution in [3.63, 3.8) is 0 Å². The van der Waals surface area contributed by atoms with Crippen LogP contribution in [0.4, 0.5) is 0 Å². The van der Waals surface area contributed by atoms with Crippen LogP contribution in [0.3, 0.4) is 0 Å². The Labute approximate surface area is 151 Å². The van der Waals surface area contributed by atoms with Crippen molar-refractivity contribution in [2.24, 2.45) is 11.7 Å². The maximum Gasteiger partial charge on any atom is 0.259 e. The summed E-state index contributed by atoms with van der Waals surface area (Å²) in [5.74, 6) is -0.729. The predicted octanol–water partition coefficient (Wildman–Crippen LogP) is -0.218. The number of carbonyl (C=O) groups is 2. The number of carbonyl (C=O) groups excluding carboxylic acids is 2. The van der Waals surface area contributed by atoms with E-state index in [2.05, 4.69) is 5.32 Å². The van der Waals surface area contributed by atoms with Crippen LogP contribution >= 0.6 is 11.3 Å². The van der Waals surface area contributed by atoms with Crippen molar-refractivity contribution >= 4 is 33.2 Å². The van der Waals surface area contributed by atoms with E-state index >= 15 is 0 Å². The van der Waals surface area contributed by atoms with Gasteiger partial charge in [-0.05, 0) is 30.7 Å². The molecule has 1 aromatic heterocycles. The van der Waals surface area contributed by atoms with E-state index in [1.807, 2.05) is 0 Å². The molecule has 0 radical (unpaired) electrons. The van der Waals surface area contributed by atoms with Gasteiger partial charge in [0.05, 0.1) is 0 Å². The first-order valence-corrected chi connectivity index (χ1v) is 10.6. The molecular formula is C15H22N4O4S2. The number of hydrogen-bond donors (Lipinski definition) is 2. The van der Waals surface area contributed by atoms with E-state index in [0.717, 1.165) is 28.5 Å². The number of nitrogens with one attached hydrogen (secondary N) is 1. The van der Waals surface area contributed by atoms with Crippen molar-refractivity contribution in [2.75, 3.05) is 26.2 Å². The van der Waals surface area contributed by atoms with Crippen molar-refractivity contribution < 1.29 is 18.0 Å². The third-order valence-corrected chi connectivity index (χ3v) is 7.52. The summed E-state index contributed by atoms with van der Waals surface area (Å²) in [6.07, 6.45) is 0.943. The molecule has 0 bridgehead atoms. The first-order valence-electron chi connectivity index (χ1n) is 8.30. The third-order valence-electron chi connectivity index (χ3n) is 4.29. The van der Waals surface area contributed by atoms with Gasteiger partial charge in [0.2, 0.25) is 5.91 Å². The molecule has 1 saturated carbocycles. The molecule has 138 valence electrons. The first-order chi connectivity index (χ1) is 12.0. The Bertz CT molecular complexity index is 731. The summed E-state index contributed by atoms with van der Waals surface area (Å²) < 4.78 is 27.3.